The Labute approximate surface area is 114 Å². The number of benzene rings is 1. The molecule has 108 valence electrons. The van der Waals surface area contributed by atoms with Crippen molar-refractivity contribution in [2.45, 2.75) is 13.2 Å². The first-order valence-electron chi connectivity index (χ1n) is 5.81. The topological polar surface area (TPSA) is 97.1 Å². The molecule has 1 aromatic rings. The molecule has 0 N–H and O–H groups in total. The van der Waals surface area contributed by atoms with E-state index in [0.717, 1.165) is 0 Å². The van der Waals surface area contributed by atoms with Gasteiger partial charge in [0.2, 0.25) is 0 Å². The molecule has 0 bridgehead atoms. The molecule has 0 unspecified atom stereocenters. The second-order valence-corrected chi connectivity index (χ2v) is 3.99. The molecule has 0 aromatic heterocycles. The third-order valence-electron chi connectivity index (χ3n) is 2.64. The molecule has 0 radical (unpaired) electrons. The van der Waals surface area contributed by atoms with E-state index in [4.69, 9.17) is 18.9 Å². The third-order valence-corrected chi connectivity index (χ3v) is 2.64. The van der Waals surface area contributed by atoms with E-state index in [0.29, 0.717) is 13.2 Å². The minimum atomic E-state index is -0.851. The van der Waals surface area contributed by atoms with Crippen molar-refractivity contribution < 1.29 is 28.7 Å². The Morgan fingerprint density at radius 2 is 2.00 bits per heavy atom. The highest BCUT2D eigenvalue weighted by Gasteiger charge is 2.29. The Morgan fingerprint density at radius 3 is 2.50 bits per heavy atom. The molecule has 2 rings (SSSR count). The molecule has 1 aromatic carbocycles. The Bertz CT molecular complexity index is 537. The van der Waals surface area contributed by atoms with Crippen molar-refractivity contribution >= 4 is 11.7 Å². The van der Waals surface area contributed by atoms with Gasteiger partial charge in [-0.3, -0.25) is 14.9 Å². The summed E-state index contributed by atoms with van der Waals surface area (Å²) in [5, 5.41) is 11.1. The molecule has 1 saturated heterocycles. The van der Waals surface area contributed by atoms with Crippen LogP contribution in [0.4, 0.5) is 5.69 Å². The molecule has 0 atom stereocenters. The van der Waals surface area contributed by atoms with Crippen molar-refractivity contribution in [3.05, 3.63) is 27.8 Å². The SMILES string of the molecule is COc1cc([N+](=O)[O-])c(C2OCCO2)cc1OC(C)=O. The minimum absolute atomic E-state index is 0.0831. The van der Waals surface area contributed by atoms with Crippen molar-refractivity contribution in [1.29, 1.82) is 0 Å². The van der Waals surface area contributed by atoms with Gasteiger partial charge in [-0.05, 0) is 6.07 Å². The molecule has 0 aliphatic carbocycles. The highest BCUT2D eigenvalue weighted by atomic mass is 16.7. The normalized spacial score (nSPS) is 15.1. The molecule has 8 heteroatoms. The summed E-state index contributed by atoms with van der Waals surface area (Å²) in [4.78, 5) is 21.6. The van der Waals surface area contributed by atoms with Gasteiger partial charge in [0.15, 0.2) is 17.8 Å². The summed E-state index contributed by atoms with van der Waals surface area (Å²) in [6.07, 6.45) is -0.851. The third kappa shape index (κ3) is 2.86. The maximum Gasteiger partial charge on any atom is 0.308 e. The average molecular weight is 283 g/mol. The summed E-state index contributed by atoms with van der Waals surface area (Å²) in [5.41, 5.74) is -0.0331. The van der Waals surface area contributed by atoms with Crippen LogP contribution in [0.15, 0.2) is 12.1 Å². The van der Waals surface area contributed by atoms with Crippen molar-refractivity contribution in [1.82, 2.24) is 0 Å². The fourth-order valence-corrected chi connectivity index (χ4v) is 1.84. The van der Waals surface area contributed by atoms with Crippen LogP contribution in [0, 0.1) is 10.1 Å². The quantitative estimate of drug-likeness (QED) is 0.358. The fraction of sp³-hybridized carbons (Fsp3) is 0.417. The van der Waals surface area contributed by atoms with E-state index < -0.39 is 17.2 Å². The lowest BCUT2D eigenvalue weighted by molar-refractivity contribution is -0.386. The van der Waals surface area contributed by atoms with Gasteiger partial charge in [-0.25, -0.2) is 0 Å². The number of methoxy groups -OCH3 is 1. The summed E-state index contributed by atoms with van der Waals surface area (Å²) < 4.78 is 20.5. The van der Waals surface area contributed by atoms with E-state index >= 15 is 0 Å². The Morgan fingerprint density at radius 1 is 1.35 bits per heavy atom. The van der Waals surface area contributed by atoms with E-state index in [2.05, 4.69) is 0 Å². The van der Waals surface area contributed by atoms with Gasteiger partial charge in [0.25, 0.3) is 5.69 Å². The van der Waals surface area contributed by atoms with E-state index in [-0.39, 0.29) is 22.7 Å². The molecule has 8 nitrogen and oxygen atoms in total. The predicted molar refractivity (Wildman–Crippen MR) is 65.6 cm³/mol. The molecule has 1 aliphatic rings. The maximum absolute atomic E-state index is 11.1. The molecule has 20 heavy (non-hydrogen) atoms. The van der Waals surface area contributed by atoms with Crippen LogP contribution < -0.4 is 9.47 Å². The summed E-state index contributed by atoms with van der Waals surface area (Å²) in [5.74, 6) is -0.385. The lowest BCUT2D eigenvalue weighted by Crippen LogP contribution is -2.08. The van der Waals surface area contributed by atoms with Gasteiger partial charge in [0, 0.05) is 6.92 Å². The van der Waals surface area contributed by atoms with Crippen molar-refractivity contribution in [2.75, 3.05) is 20.3 Å². The van der Waals surface area contributed by atoms with Crippen LogP contribution >= 0.6 is 0 Å². The molecule has 1 fully saturated rings. The Balaban J connectivity index is 2.50. The second-order valence-electron chi connectivity index (χ2n) is 3.99. The number of carbonyl (C=O) groups excluding carboxylic acids is 1. The van der Waals surface area contributed by atoms with Gasteiger partial charge >= 0.3 is 5.97 Å². The van der Waals surface area contributed by atoms with Crippen LogP contribution in [0.25, 0.3) is 0 Å². The van der Waals surface area contributed by atoms with Crippen LogP contribution in [0.1, 0.15) is 18.8 Å². The number of nitrogens with zero attached hydrogens (tertiary/aromatic N) is 1. The first-order chi connectivity index (χ1) is 9.52. The second kappa shape index (κ2) is 5.85. The highest BCUT2D eigenvalue weighted by molar-refractivity contribution is 5.71. The zero-order valence-electron chi connectivity index (χ0n) is 11.0. The van der Waals surface area contributed by atoms with E-state index in [1.165, 1.54) is 26.2 Å². The summed E-state index contributed by atoms with van der Waals surface area (Å²) in [6.45, 7) is 1.91. The first kappa shape index (κ1) is 14.2. The summed E-state index contributed by atoms with van der Waals surface area (Å²) in [7, 11) is 1.33. The zero-order chi connectivity index (χ0) is 14.7. The lowest BCUT2D eigenvalue weighted by atomic mass is 10.1. The molecule has 1 aliphatic heterocycles. The van der Waals surface area contributed by atoms with E-state index in [1.54, 1.807) is 0 Å². The number of hydrogen-bond acceptors (Lipinski definition) is 7. The van der Waals surface area contributed by atoms with Crippen molar-refractivity contribution in [3.63, 3.8) is 0 Å². The maximum atomic E-state index is 11.1. The first-order valence-corrected chi connectivity index (χ1v) is 5.81. The largest absolute Gasteiger partial charge is 0.493 e. The van der Waals surface area contributed by atoms with Crippen molar-refractivity contribution in [3.8, 4) is 11.5 Å². The van der Waals surface area contributed by atoms with E-state index in [1.807, 2.05) is 0 Å². The van der Waals surface area contributed by atoms with Crippen LogP contribution in [0.5, 0.6) is 11.5 Å². The molecule has 0 amide bonds. The van der Waals surface area contributed by atoms with Gasteiger partial charge in [0.05, 0.1) is 36.9 Å². The number of carbonyl (C=O) groups is 1. The minimum Gasteiger partial charge on any atom is -0.493 e. The van der Waals surface area contributed by atoms with E-state index in [9.17, 15) is 14.9 Å². The van der Waals surface area contributed by atoms with Crippen LogP contribution in [-0.2, 0) is 14.3 Å². The highest BCUT2D eigenvalue weighted by Crippen LogP contribution is 2.39. The number of nitro benzene ring substituents is 1. The number of nitro groups is 1. The monoisotopic (exact) mass is 283 g/mol. The Kier molecular flexibility index (Phi) is 4.16. The zero-order valence-corrected chi connectivity index (χ0v) is 11.0. The van der Waals surface area contributed by atoms with Gasteiger partial charge in [0.1, 0.15) is 0 Å². The molecular formula is C12H13NO7. The molecular weight excluding hydrogens is 270 g/mol. The molecule has 0 saturated carbocycles. The number of ether oxygens (including phenoxy) is 4. The van der Waals surface area contributed by atoms with Crippen LogP contribution in [0.2, 0.25) is 0 Å². The average Bonchev–Trinajstić information content (AvgIpc) is 2.91. The van der Waals surface area contributed by atoms with Crippen LogP contribution in [0.3, 0.4) is 0 Å². The van der Waals surface area contributed by atoms with Gasteiger partial charge < -0.3 is 18.9 Å². The summed E-state index contributed by atoms with van der Waals surface area (Å²) in [6, 6.07) is 2.51. The lowest BCUT2D eigenvalue weighted by Gasteiger charge is -2.14. The fourth-order valence-electron chi connectivity index (χ4n) is 1.84. The standard InChI is InChI=1S/C12H13NO7/c1-7(14)20-11-5-8(12-18-3-4-19-12)9(13(15)16)6-10(11)17-2/h5-6,12H,3-4H2,1-2H3. The number of esters is 1. The number of rotatable bonds is 4. The smallest absolute Gasteiger partial charge is 0.308 e. The molecule has 1 heterocycles. The predicted octanol–water partition coefficient (Wildman–Crippen LogP) is 1.57. The Hall–Kier alpha value is -2.19. The van der Waals surface area contributed by atoms with Gasteiger partial charge in [-0.15, -0.1) is 0 Å². The molecule has 0 spiro atoms. The van der Waals surface area contributed by atoms with Crippen LogP contribution in [-0.4, -0.2) is 31.2 Å². The van der Waals surface area contributed by atoms with Crippen molar-refractivity contribution in [2.24, 2.45) is 0 Å². The summed E-state index contributed by atoms with van der Waals surface area (Å²) >= 11 is 0. The van der Waals surface area contributed by atoms with Gasteiger partial charge in [-0.1, -0.05) is 0 Å². The number of hydrogen-bond donors (Lipinski definition) is 0. The van der Waals surface area contributed by atoms with Gasteiger partial charge in [-0.2, -0.15) is 0 Å².